The lowest BCUT2D eigenvalue weighted by atomic mass is 9.98. The molecule has 0 radical (unpaired) electrons. The molecule has 5 heteroatoms. The van der Waals surface area contributed by atoms with Crippen LogP contribution in [0.25, 0.3) is 0 Å². The Hall–Kier alpha value is -0.910. The van der Waals surface area contributed by atoms with Crippen LogP contribution in [-0.4, -0.2) is 23.9 Å². The number of nitrogens with two attached hydrogens (primary N) is 1. The largest absolute Gasteiger partial charge is 0.299 e. The minimum absolute atomic E-state index is 0.175. The van der Waals surface area contributed by atoms with Gasteiger partial charge in [0.1, 0.15) is 0 Å². The van der Waals surface area contributed by atoms with Gasteiger partial charge in [-0.3, -0.25) is 15.1 Å². The van der Waals surface area contributed by atoms with E-state index in [0.29, 0.717) is 0 Å². The van der Waals surface area contributed by atoms with Gasteiger partial charge in [0.15, 0.2) is 0 Å². The summed E-state index contributed by atoms with van der Waals surface area (Å²) in [6.45, 7) is 5.42. The highest BCUT2D eigenvalue weighted by Gasteiger charge is 2.18. The summed E-state index contributed by atoms with van der Waals surface area (Å²) < 4.78 is 0. The van der Waals surface area contributed by atoms with Gasteiger partial charge in [-0.2, -0.15) is 0 Å². The van der Waals surface area contributed by atoms with E-state index < -0.39 is 0 Å². The van der Waals surface area contributed by atoms with Crippen LogP contribution in [0.4, 0.5) is 0 Å². The van der Waals surface area contributed by atoms with Crippen molar-refractivity contribution in [3.05, 3.63) is 21.9 Å². The van der Waals surface area contributed by atoms with Crippen LogP contribution in [0.1, 0.15) is 47.8 Å². The fraction of sp³-hybridized carbons (Fsp3) is 0.643. The van der Waals surface area contributed by atoms with Crippen molar-refractivity contribution < 1.29 is 4.79 Å². The van der Waals surface area contributed by atoms with Gasteiger partial charge < -0.3 is 0 Å². The highest BCUT2D eigenvalue weighted by atomic mass is 32.1. The van der Waals surface area contributed by atoms with Gasteiger partial charge in [-0.05, 0) is 55.3 Å². The van der Waals surface area contributed by atoms with Gasteiger partial charge in [0.25, 0.3) is 5.91 Å². The highest BCUT2D eigenvalue weighted by Crippen LogP contribution is 2.23. The van der Waals surface area contributed by atoms with Crippen molar-refractivity contribution in [1.29, 1.82) is 0 Å². The van der Waals surface area contributed by atoms with Gasteiger partial charge in [0.2, 0.25) is 0 Å². The molecule has 19 heavy (non-hydrogen) atoms. The molecule has 106 valence electrons. The SMILES string of the molecule is CCC1CCCN(Cc2ccsc2C(=O)NN)CC1. The van der Waals surface area contributed by atoms with E-state index in [1.807, 2.05) is 11.4 Å². The summed E-state index contributed by atoms with van der Waals surface area (Å²) in [4.78, 5) is 14.9. The van der Waals surface area contributed by atoms with Gasteiger partial charge in [0.05, 0.1) is 4.88 Å². The van der Waals surface area contributed by atoms with Crippen molar-refractivity contribution in [1.82, 2.24) is 10.3 Å². The Kier molecular flexibility index (Phi) is 5.36. The molecule has 1 amide bonds. The fourth-order valence-electron chi connectivity index (χ4n) is 2.76. The number of hydrazine groups is 1. The lowest BCUT2D eigenvalue weighted by Crippen LogP contribution is -2.31. The first-order valence-electron chi connectivity index (χ1n) is 7.04. The number of rotatable bonds is 4. The number of amides is 1. The summed E-state index contributed by atoms with van der Waals surface area (Å²) >= 11 is 1.46. The second kappa shape index (κ2) is 7.03. The van der Waals surface area contributed by atoms with Crippen LogP contribution in [0.5, 0.6) is 0 Å². The molecule has 1 aliphatic heterocycles. The maximum absolute atomic E-state index is 11.7. The Balaban J connectivity index is 1.97. The molecule has 3 N–H and O–H groups in total. The number of nitrogen functional groups attached to an aromatic ring is 1. The molecule has 1 aliphatic rings. The zero-order valence-corrected chi connectivity index (χ0v) is 12.3. The van der Waals surface area contributed by atoms with E-state index in [2.05, 4.69) is 17.2 Å². The van der Waals surface area contributed by atoms with Gasteiger partial charge in [-0.1, -0.05) is 13.3 Å². The lowest BCUT2D eigenvalue weighted by molar-refractivity contribution is 0.0956. The Labute approximate surface area is 118 Å². The normalized spacial score (nSPS) is 21.1. The van der Waals surface area contributed by atoms with Crippen LogP contribution in [0, 0.1) is 5.92 Å². The van der Waals surface area contributed by atoms with Crippen LogP contribution < -0.4 is 11.3 Å². The first-order valence-corrected chi connectivity index (χ1v) is 7.92. The van der Waals surface area contributed by atoms with Crippen LogP contribution in [-0.2, 0) is 6.54 Å². The summed E-state index contributed by atoms with van der Waals surface area (Å²) in [5, 5.41) is 1.96. The predicted octanol–water partition coefficient (Wildman–Crippen LogP) is 2.36. The van der Waals surface area contributed by atoms with E-state index in [0.717, 1.165) is 36.0 Å². The molecule has 0 aliphatic carbocycles. The van der Waals surface area contributed by atoms with E-state index in [4.69, 9.17) is 5.84 Å². The molecule has 2 heterocycles. The Bertz CT molecular complexity index is 419. The fourth-order valence-corrected chi connectivity index (χ4v) is 3.58. The molecule has 1 fully saturated rings. The average molecular weight is 281 g/mol. The number of carbonyl (C=O) groups excluding carboxylic acids is 1. The predicted molar refractivity (Wildman–Crippen MR) is 78.9 cm³/mol. The number of thiophene rings is 1. The van der Waals surface area contributed by atoms with Crippen molar-refractivity contribution in [2.45, 2.75) is 39.2 Å². The second-order valence-corrected chi connectivity index (χ2v) is 6.15. The monoisotopic (exact) mass is 281 g/mol. The van der Waals surface area contributed by atoms with E-state index in [-0.39, 0.29) is 5.91 Å². The third-order valence-corrected chi connectivity index (χ3v) is 4.95. The van der Waals surface area contributed by atoms with Crippen molar-refractivity contribution in [3.8, 4) is 0 Å². The summed E-state index contributed by atoms with van der Waals surface area (Å²) in [5.41, 5.74) is 3.33. The standard InChI is InChI=1S/C14H23N3OS/c1-2-11-4-3-7-17(8-5-11)10-12-6-9-19-13(12)14(18)16-15/h6,9,11H,2-5,7-8,10,15H2,1H3,(H,16,18). The topological polar surface area (TPSA) is 58.4 Å². The van der Waals surface area contributed by atoms with Crippen molar-refractivity contribution in [2.24, 2.45) is 11.8 Å². The molecule has 2 rings (SSSR count). The first-order chi connectivity index (χ1) is 9.24. The van der Waals surface area contributed by atoms with Crippen LogP contribution >= 0.6 is 11.3 Å². The van der Waals surface area contributed by atoms with Crippen molar-refractivity contribution >= 4 is 17.2 Å². The molecule has 0 aromatic carbocycles. The summed E-state index contributed by atoms with van der Waals surface area (Å²) in [7, 11) is 0. The smallest absolute Gasteiger partial charge is 0.275 e. The summed E-state index contributed by atoms with van der Waals surface area (Å²) in [6.07, 6.45) is 5.17. The number of likely N-dealkylation sites (tertiary alicyclic amines) is 1. The molecule has 1 aromatic rings. The average Bonchev–Trinajstić information content (AvgIpc) is 2.76. The molecular weight excluding hydrogens is 258 g/mol. The Morgan fingerprint density at radius 2 is 2.37 bits per heavy atom. The number of nitrogens with one attached hydrogen (secondary N) is 1. The van der Waals surface area contributed by atoms with Gasteiger partial charge >= 0.3 is 0 Å². The summed E-state index contributed by atoms with van der Waals surface area (Å²) in [5.74, 6) is 5.92. The van der Waals surface area contributed by atoms with Gasteiger partial charge in [-0.25, -0.2) is 5.84 Å². The zero-order valence-electron chi connectivity index (χ0n) is 11.5. The lowest BCUT2D eigenvalue weighted by Gasteiger charge is -2.20. The molecule has 0 bridgehead atoms. The minimum Gasteiger partial charge on any atom is -0.299 e. The number of carbonyl (C=O) groups is 1. The van der Waals surface area contributed by atoms with Crippen LogP contribution in [0.2, 0.25) is 0 Å². The third-order valence-electron chi connectivity index (χ3n) is 4.00. The molecule has 1 atom stereocenters. The number of nitrogens with zero attached hydrogens (tertiary/aromatic N) is 1. The summed E-state index contributed by atoms with van der Waals surface area (Å²) in [6, 6.07) is 2.04. The zero-order chi connectivity index (χ0) is 13.7. The maximum Gasteiger partial charge on any atom is 0.275 e. The molecule has 1 saturated heterocycles. The molecule has 0 spiro atoms. The minimum atomic E-state index is -0.175. The molecular formula is C14H23N3OS. The molecule has 4 nitrogen and oxygen atoms in total. The first kappa shape index (κ1) is 14.5. The molecule has 0 saturated carbocycles. The number of hydrogen-bond acceptors (Lipinski definition) is 4. The maximum atomic E-state index is 11.7. The Morgan fingerprint density at radius 1 is 1.53 bits per heavy atom. The highest BCUT2D eigenvalue weighted by molar-refractivity contribution is 7.12. The van der Waals surface area contributed by atoms with Crippen molar-refractivity contribution in [3.63, 3.8) is 0 Å². The van der Waals surface area contributed by atoms with Gasteiger partial charge in [0, 0.05) is 6.54 Å². The van der Waals surface area contributed by atoms with E-state index in [1.54, 1.807) is 0 Å². The van der Waals surface area contributed by atoms with Crippen molar-refractivity contribution in [2.75, 3.05) is 13.1 Å². The molecule has 1 aromatic heterocycles. The van der Waals surface area contributed by atoms with Crippen LogP contribution in [0.3, 0.4) is 0 Å². The number of hydrogen-bond donors (Lipinski definition) is 2. The molecule has 1 unspecified atom stereocenters. The third kappa shape index (κ3) is 3.78. The van der Waals surface area contributed by atoms with Crippen LogP contribution in [0.15, 0.2) is 11.4 Å². The van der Waals surface area contributed by atoms with E-state index in [1.165, 1.54) is 37.0 Å². The second-order valence-electron chi connectivity index (χ2n) is 5.23. The Morgan fingerprint density at radius 3 is 3.11 bits per heavy atom. The van der Waals surface area contributed by atoms with E-state index >= 15 is 0 Å². The van der Waals surface area contributed by atoms with Gasteiger partial charge in [-0.15, -0.1) is 11.3 Å². The van der Waals surface area contributed by atoms with E-state index in [9.17, 15) is 4.79 Å². The quantitative estimate of drug-likeness (QED) is 0.506.